The van der Waals surface area contributed by atoms with E-state index in [1.54, 1.807) is 19.5 Å². The molecule has 0 atom stereocenters. The van der Waals surface area contributed by atoms with Crippen molar-refractivity contribution < 1.29 is 13.9 Å². The molecule has 0 unspecified atom stereocenters. The molecule has 8 nitrogen and oxygen atoms in total. The molecule has 4 heterocycles. The number of rotatable bonds is 3. The van der Waals surface area contributed by atoms with Crippen LogP contribution in [0.15, 0.2) is 41.1 Å². The average Bonchev–Trinajstić information content (AvgIpc) is 3.21. The van der Waals surface area contributed by atoms with Gasteiger partial charge in [-0.2, -0.15) is 4.98 Å². The summed E-state index contributed by atoms with van der Waals surface area (Å²) >= 11 is 0. The molecule has 1 amide bonds. The van der Waals surface area contributed by atoms with Gasteiger partial charge < -0.3 is 24.3 Å². The minimum atomic E-state index is 0.134. The second-order valence-corrected chi connectivity index (χ2v) is 7.64. The molecule has 2 saturated heterocycles. The summed E-state index contributed by atoms with van der Waals surface area (Å²) in [5, 5.41) is 3.17. The average molecular weight is 417 g/mol. The smallest absolute Gasteiger partial charge is 0.274 e. The van der Waals surface area contributed by atoms with Gasteiger partial charge in [0.15, 0.2) is 11.1 Å². The highest BCUT2D eigenvalue weighted by Crippen LogP contribution is 2.34. The highest BCUT2D eigenvalue weighted by molar-refractivity contribution is 5.92. The number of hydrogen-bond acceptors (Lipinski definition) is 7. The quantitative estimate of drug-likeness (QED) is 0.647. The SMILES string of the molecule is COc1ccc(N2CCN(C(=O)C3CNC3)CC2)c2oc(C#Cc3cccnc3)nc12. The van der Waals surface area contributed by atoms with Crippen molar-refractivity contribution in [2.45, 2.75) is 0 Å². The Balaban J connectivity index is 1.40. The maximum atomic E-state index is 12.5. The van der Waals surface area contributed by atoms with Crippen molar-refractivity contribution in [3.05, 3.63) is 48.1 Å². The summed E-state index contributed by atoms with van der Waals surface area (Å²) in [7, 11) is 1.61. The van der Waals surface area contributed by atoms with Crippen LogP contribution in [-0.2, 0) is 4.79 Å². The van der Waals surface area contributed by atoms with E-state index in [1.807, 2.05) is 29.2 Å². The summed E-state index contributed by atoms with van der Waals surface area (Å²) < 4.78 is 11.5. The third-order valence-electron chi connectivity index (χ3n) is 5.74. The predicted octanol–water partition coefficient (Wildman–Crippen LogP) is 1.50. The zero-order valence-corrected chi connectivity index (χ0v) is 17.3. The Hall–Kier alpha value is -3.57. The number of ether oxygens (including phenoxy) is 1. The molecular weight excluding hydrogens is 394 g/mol. The molecule has 0 bridgehead atoms. The lowest BCUT2D eigenvalue weighted by atomic mass is 10.0. The van der Waals surface area contributed by atoms with E-state index >= 15 is 0 Å². The van der Waals surface area contributed by atoms with Gasteiger partial charge in [-0.25, -0.2) is 0 Å². The summed E-state index contributed by atoms with van der Waals surface area (Å²) in [4.78, 5) is 25.3. The Morgan fingerprint density at radius 1 is 1.19 bits per heavy atom. The van der Waals surface area contributed by atoms with Crippen molar-refractivity contribution >= 4 is 22.7 Å². The van der Waals surface area contributed by atoms with Crippen LogP contribution < -0.4 is 15.0 Å². The first-order valence-electron chi connectivity index (χ1n) is 10.4. The molecule has 1 aromatic carbocycles. The zero-order valence-electron chi connectivity index (χ0n) is 17.3. The second-order valence-electron chi connectivity index (χ2n) is 7.64. The number of piperazine rings is 1. The molecule has 1 N–H and O–H groups in total. The van der Waals surface area contributed by atoms with E-state index < -0.39 is 0 Å². The number of carbonyl (C=O) groups excluding carboxylic acids is 1. The summed E-state index contributed by atoms with van der Waals surface area (Å²) in [5.41, 5.74) is 3.03. The molecule has 2 fully saturated rings. The number of fused-ring (bicyclic) bond motifs is 1. The van der Waals surface area contributed by atoms with Crippen LogP contribution in [0.25, 0.3) is 11.1 Å². The first kappa shape index (κ1) is 19.4. The molecule has 3 aromatic rings. The highest BCUT2D eigenvalue weighted by atomic mass is 16.5. The van der Waals surface area contributed by atoms with Crippen LogP contribution in [0.5, 0.6) is 5.75 Å². The van der Waals surface area contributed by atoms with Gasteiger partial charge in [0.05, 0.1) is 18.7 Å². The number of oxazole rings is 1. The molecule has 8 heteroatoms. The molecule has 0 saturated carbocycles. The normalized spacial score (nSPS) is 16.5. The van der Waals surface area contributed by atoms with E-state index in [9.17, 15) is 4.79 Å². The molecule has 2 aliphatic rings. The van der Waals surface area contributed by atoms with Crippen LogP contribution in [0.1, 0.15) is 11.5 Å². The molecule has 5 rings (SSSR count). The fourth-order valence-electron chi connectivity index (χ4n) is 3.89. The van der Waals surface area contributed by atoms with Gasteiger partial charge in [0, 0.05) is 57.2 Å². The summed E-state index contributed by atoms with van der Waals surface area (Å²) in [6.07, 6.45) is 3.40. The van der Waals surface area contributed by atoms with Crippen LogP contribution in [-0.4, -0.2) is 67.2 Å². The van der Waals surface area contributed by atoms with Crippen LogP contribution in [0, 0.1) is 17.8 Å². The van der Waals surface area contributed by atoms with Crippen LogP contribution >= 0.6 is 0 Å². The number of aromatic nitrogens is 2. The summed E-state index contributed by atoms with van der Waals surface area (Å²) in [5.74, 6) is 7.36. The Morgan fingerprint density at radius 2 is 2.03 bits per heavy atom. The maximum Gasteiger partial charge on any atom is 0.274 e. The molecule has 0 radical (unpaired) electrons. The standard InChI is InChI=1S/C23H23N5O3/c1-30-19-6-5-18(27-9-11-28(12-10-27)23(29)17-14-25-15-17)22-21(19)26-20(31-22)7-4-16-3-2-8-24-13-16/h2-3,5-6,8,13,17,25H,9-12,14-15H2,1H3. The number of anilines is 1. The minimum Gasteiger partial charge on any atom is -0.494 e. The molecule has 31 heavy (non-hydrogen) atoms. The molecule has 2 aromatic heterocycles. The fourth-order valence-corrected chi connectivity index (χ4v) is 3.89. The highest BCUT2D eigenvalue weighted by Gasteiger charge is 2.31. The second kappa shape index (κ2) is 8.28. The number of pyridine rings is 1. The number of hydrogen-bond donors (Lipinski definition) is 1. The zero-order chi connectivity index (χ0) is 21.2. The van der Waals surface area contributed by atoms with Gasteiger partial charge in [-0.05, 0) is 30.2 Å². The van der Waals surface area contributed by atoms with Gasteiger partial charge in [0.2, 0.25) is 5.91 Å². The lowest BCUT2D eigenvalue weighted by molar-refractivity contribution is -0.137. The summed E-state index contributed by atoms with van der Waals surface area (Å²) in [6.45, 7) is 4.46. The number of amides is 1. The first-order chi connectivity index (χ1) is 15.2. The molecule has 0 spiro atoms. The molecule has 0 aliphatic carbocycles. The number of methoxy groups -OCH3 is 1. The van der Waals surface area contributed by atoms with Crippen LogP contribution in [0.3, 0.4) is 0 Å². The van der Waals surface area contributed by atoms with E-state index in [0.717, 1.165) is 37.4 Å². The fraction of sp³-hybridized carbons (Fsp3) is 0.348. The Morgan fingerprint density at radius 3 is 2.71 bits per heavy atom. The lowest BCUT2D eigenvalue weighted by Gasteiger charge is -2.39. The van der Waals surface area contributed by atoms with E-state index in [0.29, 0.717) is 35.8 Å². The number of nitrogens with zero attached hydrogens (tertiary/aromatic N) is 4. The Labute approximate surface area is 180 Å². The van der Waals surface area contributed by atoms with E-state index in [2.05, 4.69) is 32.0 Å². The van der Waals surface area contributed by atoms with Gasteiger partial charge in [-0.3, -0.25) is 9.78 Å². The third-order valence-corrected chi connectivity index (χ3v) is 5.74. The topological polar surface area (TPSA) is 83.7 Å². The number of nitrogens with one attached hydrogen (secondary N) is 1. The lowest BCUT2D eigenvalue weighted by Crippen LogP contribution is -2.56. The molecule has 2 aliphatic heterocycles. The Kier molecular flexibility index (Phi) is 5.18. The van der Waals surface area contributed by atoms with Gasteiger partial charge in [-0.1, -0.05) is 5.92 Å². The maximum absolute atomic E-state index is 12.5. The van der Waals surface area contributed by atoms with Gasteiger partial charge in [-0.15, -0.1) is 0 Å². The number of benzene rings is 1. The third kappa shape index (κ3) is 3.80. The van der Waals surface area contributed by atoms with Crippen molar-refractivity contribution in [3.63, 3.8) is 0 Å². The molecular formula is C23H23N5O3. The monoisotopic (exact) mass is 417 g/mol. The van der Waals surface area contributed by atoms with Crippen molar-refractivity contribution in [1.82, 2.24) is 20.2 Å². The summed E-state index contributed by atoms with van der Waals surface area (Å²) in [6, 6.07) is 7.60. The van der Waals surface area contributed by atoms with Crippen LogP contribution in [0.2, 0.25) is 0 Å². The Bertz CT molecular complexity index is 1150. The van der Waals surface area contributed by atoms with E-state index in [-0.39, 0.29) is 11.8 Å². The van der Waals surface area contributed by atoms with Gasteiger partial charge in [0.1, 0.15) is 5.75 Å². The minimum absolute atomic E-state index is 0.134. The van der Waals surface area contributed by atoms with Crippen molar-refractivity contribution in [2.24, 2.45) is 5.92 Å². The number of carbonyl (C=O) groups is 1. The van der Waals surface area contributed by atoms with E-state index in [4.69, 9.17) is 9.15 Å². The van der Waals surface area contributed by atoms with Crippen molar-refractivity contribution in [1.29, 1.82) is 0 Å². The largest absolute Gasteiger partial charge is 0.494 e. The molecule has 158 valence electrons. The van der Waals surface area contributed by atoms with Crippen molar-refractivity contribution in [3.8, 4) is 17.6 Å². The van der Waals surface area contributed by atoms with Gasteiger partial charge >= 0.3 is 0 Å². The van der Waals surface area contributed by atoms with Gasteiger partial charge in [0.25, 0.3) is 5.89 Å². The van der Waals surface area contributed by atoms with E-state index in [1.165, 1.54) is 0 Å². The first-order valence-corrected chi connectivity index (χ1v) is 10.4. The predicted molar refractivity (Wildman–Crippen MR) is 116 cm³/mol. The van der Waals surface area contributed by atoms with Crippen molar-refractivity contribution in [2.75, 3.05) is 51.3 Å². The van der Waals surface area contributed by atoms with Crippen LogP contribution in [0.4, 0.5) is 5.69 Å².